The lowest BCUT2D eigenvalue weighted by atomic mass is 10.1. The van der Waals surface area contributed by atoms with Crippen molar-refractivity contribution in [2.24, 2.45) is 5.92 Å². The second kappa shape index (κ2) is 18.5. The van der Waals surface area contributed by atoms with Crippen molar-refractivity contribution in [3.8, 4) is 11.8 Å². The quantitative estimate of drug-likeness (QED) is 0.218. The Bertz CT molecular complexity index is 1960. The summed E-state index contributed by atoms with van der Waals surface area (Å²) in [5, 5.41) is 16.4. The van der Waals surface area contributed by atoms with Crippen molar-refractivity contribution in [1.29, 1.82) is 5.26 Å². The van der Waals surface area contributed by atoms with Crippen LogP contribution < -0.4 is 30.5 Å². The number of nitriles is 1. The number of imide groups is 1. The van der Waals surface area contributed by atoms with E-state index in [9.17, 15) is 32.3 Å². The molecule has 3 N–H and O–H groups in total. The van der Waals surface area contributed by atoms with Gasteiger partial charge in [-0.1, -0.05) is 13.0 Å². The number of alkyl halides is 3. The number of amides is 4. The van der Waals surface area contributed by atoms with Crippen LogP contribution in [0.1, 0.15) is 36.6 Å². The van der Waals surface area contributed by atoms with Crippen LogP contribution in [0.5, 0.6) is 5.75 Å². The monoisotopic (exact) mass is 789 g/mol. The molecule has 2 aromatic carbocycles. The van der Waals surface area contributed by atoms with Crippen molar-refractivity contribution in [3.63, 3.8) is 0 Å². The Morgan fingerprint density at radius 2 is 1.61 bits per heavy atom. The van der Waals surface area contributed by atoms with E-state index in [4.69, 9.17) is 15.0 Å². The third-order valence-electron chi connectivity index (χ3n) is 10.4. The Morgan fingerprint density at radius 1 is 0.947 bits per heavy atom. The molecule has 0 radical (unpaired) electrons. The molecule has 6 rings (SSSR count). The van der Waals surface area contributed by atoms with Crippen LogP contribution in [0, 0.1) is 17.2 Å². The molecule has 17 heteroatoms. The van der Waals surface area contributed by atoms with Gasteiger partial charge in [-0.3, -0.25) is 34.3 Å². The number of rotatable bonds is 13. The number of nitrogens with one attached hydrogen (secondary N) is 3. The van der Waals surface area contributed by atoms with E-state index in [2.05, 4.69) is 35.6 Å². The number of carbonyl (C=O) groups is 4. The molecule has 3 aliphatic rings. The summed E-state index contributed by atoms with van der Waals surface area (Å²) in [6.07, 6.45) is -4.18. The third kappa shape index (κ3) is 11.2. The number of hydrogen-bond donors (Lipinski definition) is 3. The zero-order chi connectivity index (χ0) is 40.5. The number of halogens is 3. The van der Waals surface area contributed by atoms with Gasteiger partial charge in [0.15, 0.2) is 0 Å². The highest BCUT2D eigenvalue weighted by Crippen LogP contribution is 2.33. The van der Waals surface area contributed by atoms with Gasteiger partial charge in [-0.05, 0) is 61.0 Å². The van der Waals surface area contributed by atoms with E-state index < -0.39 is 41.1 Å². The van der Waals surface area contributed by atoms with Gasteiger partial charge in [0.2, 0.25) is 23.6 Å². The number of hydrogen-bond acceptors (Lipinski definition) is 11. The molecule has 3 saturated heterocycles. The summed E-state index contributed by atoms with van der Waals surface area (Å²) in [5.74, 6) is -0.862. The highest BCUT2D eigenvalue weighted by atomic mass is 19.4. The molecular formula is C40H46F3N9O5. The van der Waals surface area contributed by atoms with Gasteiger partial charge in [-0.25, -0.2) is 4.98 Å². The Balaban J connectivity index is 0.870. The first-order valence-electron chi connectivity index (χ1n) is 19.0. The van der Waals surface area contributed by atoms with Crippen LogP contribution in [0.2, 0.25) is 0 Å². The predicted molar refractivity (Wildman–Crippen MR) is 205 cm³/mol. The Labute approximate surface area is 328 Å². The summed E-state index contributed by atoms with van der Waals surface area (Å²) in [6.45, 7) is 10.7. The zero-order valence-corrected chi connectivity index (χ0v) is 31.7. The van der Waals surface area contributed by atoms with Gasteiger partial charge in [0.1, 0.15) is 17.6 Å². The first-order chi connectivity index (χ1) is 27.3. The molecule has 0 spiro atoms. The summed E-state index contributed by atoms with van der Waals surface area (Å²) in [7, 11) is 0. The Morgan fingerprint density at radius 3 is 2.25 bits per heavy atom. The molecular weight excluding hydrogens is 743 g/mol. The Kier molecular flexibility index (Phi) is 13.3. The fourth-order valence-electron chi connectivity index (χ4n) is 6.97. The van der Waals surface area contributed by atoms with Crippen LogP contribution in [0.15, 0.2) is 60.7 Å². The molecule has 57 heavy (non-hydrogen) atoms. The first kappa shape index (κ1) is 40.9. The largest absolute Gasteiger partial charge is 0.493 e. The number of nitrogens with zero attached hydrogens (tertiary/aromatic N) is 6. The highest BCUT2D eigenvalue weighted by Gasteiger charge is 2.34. The number of aromatic nitrogens is 1. The number of anilines is 3. The first-order valence-corrected chi connectivity index (χ1v) is 19.0. The summed E-state index contributed by atoms with van der Waals surface area (Å²) in [4.78, 5) is 62.8. The number of carbonyl (C=O) groups excluding carboxylic acids is 4. The molecule has 302 valence electrons. The SMILES string of the molecule is C[C@H](COc1ccc(N2CCN(CCN3CCN(c4cccc(CC(=O)NC5CCC(=O)NC5=O)n4)CC3)CC2)cc1)C(=O)Nc1ccc(C#N)c(C(F)(F)F)c1. The number of piperazine rings is 2. The number of pyridine rings is 1. The summed E-state index contributed by atoms with van der Waals surface area (Å²) < 4.78 is 45.7. The molecule has 0 saturated carbocycles. The van der Waals surface area contributed by atoms with Crippen molar-refractivity contribution < 1.29 is 37.1 Å². The van der Waals surface area contributed by atoms with Crippen LogP contribution in [0.25, 0.3) is 0 Å². The molecule has 4 amide bonds. The van der Waals surface area contributed by atoms with E-state index in [0.717, 1.165) is 89.1 Å². The van der Waals surface area contributed by atoms with Crippen LogP contribution >= 0.6 is 0 Å². The second-order valence-corrected chi connectivity index (χ2v) is 14.5. The lowest BCUT2D eigenvalue weighted by molar-refractivity contribution is -0.138. The van der Waals surface area contributed by atoms with Gasteiger partial charge >= 0.3 is 6.18 Å². The van der Waals surface area contributed by atoms with Gasteiger partial charge < -0.3 is 25.2 Å². The van der Waals surface area contributed by atoms with Gasteiger partial charge in [0, 0.05) is 83.2 Å². The van der Waals surface area contributed by atoms with Crippen molar-refractivity contribution in [3.05, 3.63) is 77.5 Å². The normalized spacial score (nSPS) is 18.7. The van der Waals surface area contributed by atoms with Gasteiger partial charge in [0.25, 0.3) is 0 Å². The number of ether oxygens (including phenoxy) is 1. The van der Waals surface area contributed by atoms with E-state index in [-0.39, 0.29) is 37.0 Å². The maximum atomic E-state index is 13.3. The third-order valence-corrected chi connectivity index (χ3v) is 10.4. The van der Waals surface area contributed by atoms with E-state index in [1.807, 2.05) is 36.4 Å². The van der Waals surface area contributed by atoms with Crippen LogP contribution in [-0.4, -0.2) is 117 Å². The van der Waals surface area contributed by atoms with Crippen LogP contribution in [0.3, 0.4) is 0 Å². The maximum Gasteiger partial charge on any atom is 0.417 e. The molecule has 2 atom stereocenters. The molecule has 1 unspecified atom stereocenters. The van der Waals surface area contributed by atoms with Crippen molar-refractivity contribution >= 4 is 40.8 Å². The van der Waals surface area contributed by atoms with E-state index in [1.54, 1.807) is 13.0 Å². The zero-order valence-electron chi connectivity index (χ0n) is 31.7. The van der Waals surface area contributed by atoms with E-state index >= 15 is 0 Å². The minimum absolute atomic E-state index is 0.0289. The topological polar surface area (TPSA) is 163 Å². The summed E-state index contributed by atoms with van der Waals surface area (Å²) >= 11 is 0. The van der Waals surface area contributed by atoms with Gasteiger partial charge in [0.05, 0.1) is 41.8 Å². The van der Waals surface area contributed by atoms with Gasteiger partial charge in [-0.15, -0.1) is 0 Å². The molecule has 1 aromatic heterocycles. The van der Waals surface area contributed by atoms with Gasteiger partial charge in [-0.2, -0.15) is 18.4 Å². The molecule has 0 aliphatic carbocycles. The van der Waals surface area contributed by atoms with Crippen molar-refractivity contribution in [2.75, 3.05) is 87.2 Å². The predicted octanol–water partition coefficient (Wildman–Crippen LogP) is 3.03. The van der Waals surface area contributed by atoms with E-state index in [0.29, 0.717) is 17.9 Å². The second-order valence-electron chi connectivity index (χ2n) is 14.5. The molecule has 3 fully saturated rings. The van der Waals surface area contributed by atoms with Crippen LogP contribution in [0.4, 0.5) is 30.4 Å². The summed E-state index contributed by atoms with van der Waals surface area (Å²) in [5.41, 5.74) is 0.0280. The standard InChI is InChI=1S/C40H46F3N9O5/c1-27(38(55)46-30-6-5-28(25-44)33(23-30)40(41,42)43)26-57-32-9-7-31(8-10-32)51-19-15-49(16-20-51)13-14-50-17-21-52(22-18-50)35-4-2-3-29(45-35)24-37(54)47-34-11-12-36(53)48-39(34)56/h2-10,23,27,34H,11-22,24,26H2,1H3,(H,46,55)(H,47,54)(H,48,53,56)/t27-,34?/m1/s1. The molecule has 14 nitrogen and oxygen atoms in total. The lowest BCUT2D eigenvalue weighted by Crippen LogP contribution is -2.52. The minimum Gasteiger partial charge on any atom is -0.493 e. The fourth-order valence-corrected chi connectivity index (χ4v) is 6.97. The average Bonchev–Trinajstić information content (AvgIpc) is 3.20. The molecule has 3 aliphatic heterocycles. The Hall–Kier alpha value is -5.73. The molecule has 3 aromatic rings. The molecule has 4 heterocycles. The average molecular weight is 790 g/mol. The van der Waals surface area contributed by atoms with E-state index in [1.165, 1.54) is 12.1 Å². The fraction of sp³-hybridized carbons (Fsp3) is 0.450. The van der Waals surface area contributed by atoms with Crippen LogP contribution in [-0.2, 0) is 31.8 Å². The number of piperidine rings is 1. The van der Waals surface area contributed by atoms with Crippen molar-refractivity contribution in [2.45, 2.75) is 38.4 Å². The smallest absolute Gasteiger partial charge is 0.417 e. The highest BCUT2D eigenvalue weighted by molar-refractivity contribution is 6.01. The summed E-state index contributed by atoms with van der Waals surface area (Å²) in [6, 6.07) is 17.2. The lowest BCUT2D eigenvalue weighted by Gasteiger charge is -2.39. The van der Waals surface area contributed by atoms with Crippen molar-refractivity contribution in [1.82, 2.24) is 25.4 Å². The minimum atomic E-state index is -4.72. The number of benzene rings is 2. The molecule has 0 bridgehead atoms. The maximum absolute atomic E-state index is 13.3.